The van der Waals surface area contributed by atoms with Gasteiger partial charge in [-0.1, -0.05) is 30.3 Å². The molecule has 0 N–H and O–H groups in total. The summed E-state index contributed by atoms with van der Waals surface area (Å²) in [4.78, 5) is 30.2. The van der Waals surface area contributed by atoms with Gasteiger partial charge in [0.1, 0.15) is 5.82 Å². The molecule has 148 valence electrons. The van der Waals surface area contributed by atoms with E-state index < -0.39 is 0 Å². The summed E-state index contributed by atoms with van der Waals surface area (Å²) in [6.07, 6.45) is 0.322. The van der Waals surface area contributed by atoms with Crippen molar-refractivity contribution in [2.75, 3.05) is 37.6 Å². The molecule has 2 amide bonds. The van der Waals surface area contributed by atoms with Crippen LogP contribution < -0.4 is 4.90 Å². The Morgan fingerprint density at radius 2 is 1.61 bits per heavy atom. The van der Waals surface area contributed by atoms with E-state index in [0.717, 1.165) is 24.3 Å². The molecule has 0 unspecified atom stereocenters. The molecule has 0 aliphatic carbocycles. The van der Waals surface area contributed by atoms with Crippen LogP contribution in [-0.4, -0.2) is 54.3 Å². The molecule has 0 radical (unpaired) electrons. The van der Waals surface area contributed by atoms with Crippen molar-refractivity contribution in [2.24, 2.45) is 0 Å². The third kappa shape index (κ3) is 5.31. The van der Waals surface area contributed by atoms with Crippen LogP contribution in [0.4, 0.5) is 10.1 Å². The summed E-state index contributed by atoms with van der Waals surface area (Å²) < 4.78 is 13.1. The number of benzene rings is 2. The molecular formula is C22H26FN3O2. The Hall–Kier alpha value is -2.89. The maximum atomic E-state index is 13.1. The molecular weight excluding hydrogens is 357 g/mol. The molecule has 2 aromatic carbocycles. The van der Waals surface area contributed by atoms with Gasteiger partial charge in [-0.15, -0.1) is 0 Å². The van der Waals surface area contributed by atoms with Gasteiger partial charge in [-0.25, -0.2) is 4.39 Å². The van der Waals surface area contributed by atoms with Crippen LogP contribution in [0.1, 0.15) is 18.9 Å². The van der Waals surface area contributed by atoms with Crippen molar-refractivity contribution >= 4 is 17.5 Å². The molecule has 2 aromatic rings. The van der Waals surface area contributed by atoms with Crippen molar-refractivity contribution in [3.63, 3.8) is 0 Å². The number of carbonyl (C=O) groups excluding carboxylic acids is 2. The second-order valence-corrected chi connectivity index (χ2v) is 7.02. The van der Waals surface area contributed by atoms with E-state index in [4.69, 9.17) is 0 Å². The van der Waals surface area contributed by atoms with E-state index in [1.807, 2.05) is 35.2 Å². The highest BCUT2D eigenvalue weighted by Gasteiger charge is 2.22. The largest absolute Gasteiger partial charge is 0.368 e. The average Bonchev–Trinajstić information content (AvgIpc) is 2.72. The number of hydrogen-bond donors (Lipinski definition) is 0. The zero-order valence-electron chi connectivity index (χ0n) is 16.2. The fourth-order valence-corrected chi connectivity index (χ4v) is 3.41. The van der Waals surface area contributed by atoms with Crippen molar-refractivity contribution < 1.29 is 14.0 Å². The topological polar surface area (TPSA) is 43.9 Å². The van der Waals surface area contributed by atoms with Crippen LogP contribution in [0.3, 0.4) is 0 Å². The smallest absolute Gasteiger partial charge is 0.224 e. The number of carbonyl (C=O) groups is 2. The summed E-state index contributed by atoms with van der Waals surface area (Å²) in [6.45, 7) is 5.18. The summed E-state index contributed by atoms with van der Waals surface area (Å²) in [5.41, 5.74) is 2.03. The van der Waals surface area contributed by atoms with Gasteiger partial charge in [0.15, 0.2) is 0 Å². The van der Waals surface area contributed by atoms with Crippen molar-refractivity contribution in [3.8, 4) is 0 Å². The van der Waals surface area contributed by atoms with Crippen molar-refractivity contribution in [3.05, 3.63) is 66.0 Å². The number of halogens is 1. The fraction of sp³-hybridized carbons (Fsp3) is 0.364. The highest BCUT2D eigenvalue weighted by Crippen LogP contribution is 2.17. The predicted molar refractivity (Wildman–Crippen MR) is 107 cm³/mol. The minimum atomic E-state index is -0.247. The second-order valence-electron chi connectivity index (χ2n) is 7.02. The third-order valence-electron chi connectivity index (χ3n) is 5.08. The van der Waals surface area contributed by atoms with Crippen LogP contribution in [0.25, 0.3) is 0 Å². The van der Waals surface area contributed by atoms with Crippen LogP contribution >= 0.6 is 0 Å². The van der Waals surface area contributed by atoms with E-state index in [2.05, 4.69) is 4.90 Å². The maximum absolute atomic E-state index is 13.1. The Morgan fingerprint density at radius 1 is 0.964 bits per heavy atom. The zero-order chi connectivity index (χ0) is 19.9. The second kappa shape index (κ2) is 9.35. The van der Waals surface area contributed by atoms with Gasteiger partial charge in [0, 0.05) is 58.3 Å². The van der Waals surface area contributed by atoms with Gasteiger partial charge >= 0.3 is 0 Å². The highest BCUT2D eigenvalue weighted by molar-refractivity contribution is 5.78. The van der Waals surface area contributed by atoms with Crippen LogP contribution in [0.15, 0.2) is 54.6 Å². The van der Waals surface area contributed by atoms with Crippen molar-refractivity contribution in [2.45, 2.75) is 19.9 Å². The molecule has 5 nitrogen and oxygen atoms in total. The Morgan fingerprint density at radius 3 is 2.21 bits per heavy atom. The number of hydrogen-bond acceptors (Lipinski definition) is 3. The van der Waals surface area contributed by atoms with Gasteiger partial charge in [0.25, 0.3) is 0 Å². The van der Waals surface area contributed by atoms with Crippen LogP contribution in [0, 0.1) is 5.82 Å². The number of amides is 2. The van der Waals surface area contributed by atoms with Gasteiger partial charge in [-0.3, -0.25) is 9.59 Å². The van der Waals surface area contributed by atoms with Crippen molar-refractivity contribution in [1.29, 1.82) is 0 Å². The normalized spacial score (nSPS) is 14.1. The molecule has 0 aromatic heterocycles. The lowest BCUT2D eigenvalue weighted by atomic mass is 10.2. The summed E-state index contributed by atoms with van der Waals surface area (Å²) in [6, 6.07) is 16.2. The first-order valence-corrected chi connectivity index (χ1v) is 9.60. The minimum Gasteiger partial charge on any atom is -0.368 e. The number of piperazine rings is 1. The standard InChI is InChI=1S/C22H26FN3O2/c1-18(27)26(17-19-5-3-2-4-6-19)12-11-22(28)25-15-13-24(14-16-25)21-9-7-20(23)8-10-21/h2-10H,11-17H2,1H3. The molecule has 6 heteroatoms. The van der Waals surface area contributed by atoms with E-state index >= 15 is 0 Å². The van der Waals surface area contributed by atoms with Crippen LogP contribution in [0.5, 0.6) is 0 Å². The van der Waals surface area contributed by atoms with E-state index in [0.29, 0.717) is 32.6 Å². The van der Waals surface area contributed by atoms with Crippen molar-refractivity contribution in [1.82, 2.24) is 9.80 Å². The SMILES string of the molecule is CC(=O)N(CCC(=O)N1CCN(c2ccc(F)cc2)CC1)Cc1ccccc1. The van der Waals surface area contributed by atoms with E-state index in [1.54, 1.807) is 17.0 Å². The fourth-order valence-electron chi connectivity index (χ4n) is 3.41. The van der Waals surface area contributed by atoms with Gasteiger partial charge in [-0.2, -0.15) is 0 Å². The Kier molecular flexibility index (Phi) is 6.63. The van der Waals surface area contributed by atoms with Gasteiger partial charge < -0.3 is 14.7 Å². The molecule has 0 atom stereocenters. The van der Waals surface area contributed by atoms with Gasteiger partial charge in [0.05, 0.1) is 0 Å². The summed E-state index contributed by atoms with van der Waals surface area (Å²) in [5, 5.41) is 0. The summed E-state index contributed by atoms with van der Waals surface area (Å²) in [5.74, 6) is -0.209. The van der Waals surface area contributed by atoms with E-state index in [1.165, 1.54) is 19.1 Å². The Labute approximate surface area is 165 Å². The molecule has 1 saturated heterocycles. The Bertz CT molecular complexity index is 787. The zero-order valence-corrected chi connectivity index (χ0v) is 16.2. The summed E-state index contributed by atoms with van der Waals surface area (Å²) >= 11 is 0. The first kappa shape index (κ1) is 19.9. The van der Waals surface area contributed by atoms with E-state index in [-0.39, 0.29) is 17.6 Å². The van der Waals surface area contributed by atoms with Gasteiger partial charge in [-0.05, 0) is 29.8 Å². The average molecular weight is 383 g/mol. The molecule has 0 spiro atoms. The summed E-state index contributed by atoms with van der Waals surface area (Å²) in [7, 11) is 0. The van der Waals surface area contributed by atoms with Crippen LogP contribution in [-0.2, 0) is 16.1 Å². The first-order chi connectivity index (χ1) is 13.5. The maximum Gasteiger partial charge on any atom is 0.224 e. The number of anilines is 1. The lowest BCUT2D eigenvalue weighted by Crippen LogP contribution is -2.49. The molecule has 1 fully saturated rings. The van der Waals surface area contributed by atoms with E-state index in [9.17, 15) is 14.0 Å². The third-order valence-corrected chi connectivity index (χ3v) is 5.08. The molecule has 0 saturated carbocycles. The Balaban J connectivity index is 1.48. The molecule has 0 bridgehead atoms. The lowest BCUT2D eigenvalue weighted by Gasteiger charge is -2.36. The minimum absolute atomic E-state index is 0.0298. The highest BCUT2D eigenvalue weighted by atomic mass is 19.1. The molecule has 3 rings (SSSR count). The lowest BCUT2D eigenvalue weighted by molar-refractivity contribution is -0.134. The quantitative estimate of drug-likeness (QED) is 0.770. The number of nitrogens with zero attached hydrogens (tertiary/aromatic N) is 3. The number of rotatable bonds is 6. The van der Waals surface area contributed by atoms with Crippen LogP contribution in [0.2, 0.25) is 0 Å². The van der Waals surface area contributed by atoms with Gasteiger partial charge in [0.2, 0.25) is 11.8 Å². The molecule has 1 aliphatic rings. The molecule has 1 aliphatic heterocycles. The predicted octanol–water partition coefficient (Wildman–Crippen LogP) is 2.91. The molecule has 1 heterocycles. The first-order valence-electron chi connectivity index (χ1n) is 9.60. The molecule has 28 heavy (non-hydrogen) atoms. The monoisotopic (exact) mass is 383 g/mol.